The van der Waals surface area contributed by atoms with Gasteiger partial charge >= 0.3 is 5.97 Å². The van der Waals surface area contributed by atoms with Crippen molar-refractivity contribution >= 4 is 29.6 Å². The maximum absolute atomic E-state index is 10.7. The molecule has 2 heterocycles. The van der Waals surface area contributed by atoms with E-state index in [9.17, 15) is 4.79 Å². The van der Waals surface area contributed by atoms with Gasteiger partial charge in [0.15, 0.2) is 0 Å². The molecule has 0 atom stereocenters. The van der Waals surface area contributed by atoms with Crippen LogP contribution in [0, 0.1) is 0 Å². The number of hydrogen-bond donors (Lipinski definition) is 3. The first-order valence-electron chi connectivity index (χ1n) is 5.12. The molecule has 0 radical (unpaired) electrons. The lowest BCUT2D eigenvalue weighted by molar-refractivity contribution is 0.0696. The van der Waals surface area contributed by atoms with E-state index in [2.05, 4.69) is 19.9 Å². The minimum atomic E-state index is -1.01. The maximum atomic E-state index is 10.7. The summed E-state index contributed by atoms with van der Waals surface area (Å²) in [4.78, 5) is 26.2. The number of nitrogens with two attached hydrogens (primary N) is 2. The molecule has 9 heteroatoms. The van der Waals surface area contributed by atoms with Gasteiger partial charge in [-0.2, -0.15) is 15.0 Å². The molecule has 19 heavy (non-hydrogen) atoms. The van der Waals surface area contributed by atoms with E-state index in [1.807, 2.05) is 0 Å². The molecule has 0 bridgehead atoms. The first kappa shape index (κ1) is 13.0. The third kappa shape index (κ3) is 3.52. The van der Waals surface area contributed by atoms with Gasteiger partial charge in [0, 0.05) is 6.20 Å². The average Bonchev–Trinajstić information content (AvgIpc) is 2.36. The molecule has 0 aliphatic heterocycles. The summed E-state index contributed by atoms with van der Waals surface area (Å²) in [7, 11) is 0. The van der Waals surface area contributed by atoms with Crippen LogP contribution in [0.1, 0.15) is 16.2 Å². The summed E-state index contributed by atoms with van der Waals surface area (Å²) < 4.78 is 0. The highest BCUT2D eigenvalue weighted by molar-refractivity contribution is 7.98. The van der Waals surface area contributed by atoms with Crippen LogP contribution in [0.2, 0.25) is 0 Å². The summed E-state index contributed by atoms with van der Waals surface area (Å²) in [5.74, 6) is -0.0215. The van der Waals surface area contributed by atoms with Crippen LogP contribution < -0.4 is 11.5 Å². The van der Waals surface area contributed by atoms with Crippen LogP contribution in [-0.4, -0.2) is 31.0 Å². The van der Waals surface area contributed by atoms with Crippen molar-refractivity contribution in [1.82, 2.24) is 19.9 Å². The van der Waals surface area contributed by atoms with Crippen LogP contribution >= 0.6 is 11.8 Å². The number of carboxylic acid groups (broad SMARTS) is 1. The van der Waals surface area contributed by atoms with Gasteiger partial charge in [0.1, 0.15) is 5.82 Å². The second-order valence-electron chi connectivity index (χ2n) is 3.45. The van der Waals surface area contributed by atoms with Crippen LogP contribution in [0.4, 0.5) is 11.9 Å². The van der Waals surface area contributed by atoms with Gasteiger partial charge in [-0.25, -0.2) is 9.78 Å². The molecule has 98 valence electrons. The van der Waals surface area contributed by atoms with E-state index in [1.165, 1.54) is 24.0 Å². The molecule has 0 aromatic carbocycles. The van der Waals surface area contributed by atoms with Gasteiger partial charge in [0.05, 0.1) is 16.3 Å². The summed E-state index contributed by atoms with van der Waals surface area (Å²) in [6, 6.07) is 3.09. The normalized spacial score (nSPS) is 10.3. The molecule has 0 saturated heterocycles. The minimum Gasteiger partial charge on any atom is -0.478 e. The van der Waals surface area contributed by atoms with E-state index in [4.69, 9.17) is 16.6 Å². The fraction of sp³-hybridized carbons (Fsp3) is 0.100. The first-order chi connectivity index (χ1) is 9.04. The monoisotopic (exact) mass is 278 g/mol. The molecule has 0 spiro atoms. The van der Waals surface area contributed by atoms with Gasteiger partial charge < -0.3 is 16.6 Å². The lowest BCUT2D eigenvalue weighted by Gasteiger charge is -2.02. The van der Waals surface area contributed by atoms with E-state index >= 15 is 0 Å². The Bertz CT molecular complexity index is 583. The van der Waals surface area contributed by atoms with Crippen LogP contribution in [0.15, 0.2) is 23.4 Å². The third-order valence-corrected chi connectivity index (χ3v) is 2.99. The average molecular weight is 278 g/mol. The Morgan fingerprint density at radius 3 is 2.42 bits per heavy atom. The molecule has 2 aromatic heterocycles. The number of carbonyl (C=O) groups is 1. The van der Waals surface area contributed by atoms with Gasteiger partial charge in [0.2, 0.25) is 11.9 Å². The summed E-state index contributed by atoms with van der Waals surface area (Å²) in [5.41, 5.74) is 11.0. The number of aromatic carboxylic acids is 1. The highest BCUT2D eigenvalue weighted by Crippen LogP contribution is 2.19. The SMILES string of the molecule is Nc1nc(N)nc(CSc2ccc(C(=O)O)cn2)n1. The van der Waals surface area contributed by atoms with Crippen LogP contribution in [0.5, 0.6) is 0 Å². The summed E-state index contributed by atoms with van der Waals surface area (Å²) in [6.45, 7) is 0. The number of rotatable bonds is 4. The number of thioether (sulfide) groups is 1. The summed E-state index contributed by atoms with van der Waals surface area (Å²) in [5, 5.41) is 9.40. The van der Waals surface area contributed by atoms with Crippen molar-refractivity contribution in [2.75, 3.05) is 11.5 Å². The predicted molar refractivity (Wildman–Crippen MR) is 69.4 cm³/mol. The number of pyridine rings is 1. The zero-order chi connectivity index (χ0) is 13.8. The smallest absolute Gasteiger partial charge is 0.337 e. The quantitative estimate of drug-likeness (QED) is 0.678. The van der Waals surface area contributed by atoms with E-state index < -0.39 is 5.97 Å². The molecule has 0 amide bonds. The molecule has 0 unspecified atom stereocenters. The number of nitrogens with zero attached hydrogens (tertiary/aromatic N) is 4. The molecule has 0 fully saturated rings. The zero-order valence-corrected chi connectivity index (χ0v) is 10.5. The van der Waals surface area contributed by atoms with Crippen molar-refractivity contribution in [2.45, 2.75) is 10.8 Å². The Morgan fingerprint density at radius 1 is 1.21 bits per heavy atom. The van der Waals surface area contributed by atoms with Gasteiger partial charge in [-0.3, -0.25) is 0 Å². The van der Waals surface area contributed by atoms with Crippen LogP contribution in [-0.2, 0) is 5.75 Å². The Labute approximate surface area is 112 Å². The van der Waals surface area contributed by atoms with Crippen molar-refractivity contribution in [3.8, 4) is 0 Å². The van der Waals surface area contributed by atoms with E-state index in [1.54, 1.807) is 6.07 Å². The standard InChI is InChI=1S/C10H10N6O2S/c11-9-14-6(15-10(12)16-9)4-19-7-2-1-5(3-13-7)8(17)18/h1-3H,4H2,(H,17,18)(H4,11,12,14,15,16). The number of nitrogen functional groups attached to an aromatic ring is 2. The highest BCUT2D eigenvalue weighted by atomic mass is 32.2. The molecule has 8 nitrogen and oxygen atoms in total. The highest BCUT2D eigenvalue weighted by Gasteiger charge is 2.06. The van der Waals surface area contributed by atoms with Crippen LogP contribution in [0.3, 0.4) is 0 Å². The van der Waals surface area contributed by atoms with E-state index in [0.29, 0.717) is 16.6 Å². The largest absolute Gasteiger partial charge is 0.478 e. The lowest BCUT2D eigenvalue weighted by atomic mass is 10.3. The summed E-state index contributed by atoms with van der Waals surface area (Å²) in [6.07, 6.45) is 1.29. The maximum Gasteiger partial charge on any atom is 0.337 e. The second kappa shape index (κ2) is 5.48. The molecule has 2 aromatic rings. The van der Waals surface area contributed by atoms with Gasteiger partial charge in [-0.1, -0.05) is 11.8 Å². The van der Waals surface area contributed by atoms with Crippen molar-refractivity contribution in [2.24, 2.45) is 0 Å². The van der Waals surface area contributed by atoms with Gasteiger partial charge in [-0.15, -0.1) is 0 Å². The van der Waals surface area contributed by atoms with Crippen molar-refractivity contribution in [3.63, 3.8) is 0 Å². The number of carboxylic acids is 1. The topological polar surface area (TPSA) is 141 Å². The van der Waals surface area contributed by atoms with Crippen molar-refractivity contribution < 1.29 is 9.90 Å². The molecule has 2 rings (SSSR count). The lowest BCUT2D eigenvalue weighted by Crippen LogP contribution is -2.06. The van der Waals surface area contributed by atoms with Gasteiger partial charge in [-0.05, 0) is 12.1 Å². The molecule has 5 N–H and O–H groups in total. The second-order valence-corrected chi connectivity index (χ2v) is 4.44. The van der Waals surface area contributed by atoms with Gasteiger partial charge in [0.25, 0.3) is 0 Å². The molecule has 0 saturated carbocycles. The molecular weight excluding hydrogens is 268 g/mol. The molecule has 0 aliphatic carbocycles. The first-order valence-corrected chi connectivity index (χ1v) is 6.11. The van der Waals surface area contributed by atoms with Crippen molar-refractivity contribution in [3.05, 3.63) is 29.7 Å². The third-order valence-electron chi connectivity index (χ3n) is 2.05. The van der Waals surface area contributed by atoms with E-state index in [0.717, 1.165) is 0 Å². The van der Waals surface area contributed by atoms with Crippen LogP contribution in [0.25, 0.3) is 0 Å². The number of hydrogen-bond acceptors (Lipinski definition) is 8. The Hall–Kier alpha value is -2.42. The number of aromatic nitrogens is 4. The van der Waals surface area contributed by atoms with Crippen molar-refractivity contribution in [1.29, 1.82) is 0 Å². The molecular formula is C10H10N6O2S. The number of anilines is 2. The summed E-state index contributed by atoms with van der Waals surface area (Å²) >= 11 is 1.34. The fourth-order valence-electron chi connectivity index (χ4n) is 1.25. The minimum absolute atomic E-state index is 0.0669. The fourth-order valence-corrected chi connectivity index (χ4v) is 1.95. The molecule has 0 aliphatic rings. The zero-order valence-electron chi connectivity index (χ0n) is 9.65. The Balaban J connectivity index is 2.03. The Morgan fingerprint density at radius 2 is 1.89 bits per heavy atom. The Kier molecular flexibility index (Phi) is 3.76. The van der Waals surface area contributed by atoms with E-state index in [-0.39, 0.29) is 17.5 Å². The predicted octanol–water partition coefficient (Wildman–Crippen LogP) is 0.421.